The van der Waals surface area contributed by atoms with Gasteiger partial charge in [-0.3, -0.25) is 9.97 Å². The number of phenolic OH excluding ortho intramolecular Hbond substituents is 1. The second-order valence-corrected chi connectivity index (χ2v) is 17.4. The van der Waals surface area contributed by atoms with E-state index in [4.69, 9.17) is 9.97 Å². The largest absolute Gasteiger partial charge is 0.507 e. The average Bonchev–Trinajstić information content (AvgIpc) is 3.58. The quantitative estimate of drug-likeness (QED) is 0.169. The van der Waals surface area contributed by atoms with Crippen molar-refractivity contribution in [1.29, 1.82) is 0 Å². The molecule has 0 bridgehead atoms. The Labute approximate surface area is 365 Å². The van der Waals surface area contributed by atoms with Crippen LogP contribution in [-0.2, 0) is 31.9 Å². The number of halogens is 1. The maximum Gasteiger partial charge on any atom is 0.124 e. The number of aromatic hydroxyl groups is 1. The van der Waals surface area contributed by atoms with Crippen molar-refractivity contribution in [3.63, 3.8) is 0 Å². The molecule has 0 saturated heterocycles. The molecule has 0 unspecified atom stereocenters. The van der Waals surface area contributed by atoms with Gasteiger partial charge in [-0.15, -0.1) is 6.07 Å². The van der Waals surface area contributed by atoms with Crippen LogP contribution in [-0.4, -0.2) is 19.6 Å². The number of benzene rings is 6. The van der Waals surface area contributed by atoms with Gasteiger partial charge in [-0.05, 0) is 81.1 Å². The van der Waals surface area contributed by atoms with Crippen molar-refractivity contribution in [3.8, 4) is 67.5 Å². The monoisotopic (exact) mass is 965 g/mol. The van der Waals surface area contributed by atoms with Crippen LogP contribution in [0, 0.1) is 11.9 Å². The summed E-state index contributed by atoms with van der Waals surface area (Å²) in [4.78, 5) is 9.82. The third-order valence-electron chi connectivity index (χ3n) is 11.2. The van der Waals surface area contributed by atoms with Crippen molar-refractivity contribution in [2.24, 2.45) is 0 Å². The fraction of sp³-hybridized carbons (Fsp3) is 0.148. The summed E-state index contributed by atoms with van der Waals surface area (Å²) in [5, 5.41) is 13.3. The predicted molar refractivity (Wildman–Crippen MR) is 241 cm³/mol. The van der Waals surface area contributed by atoms with Gasteiger partial charge in [0.25, 0.3) is 0 Å². The van der Waals surface area contributed by atoms with Gasteiger partial charge in [0, 0.05) is 66.2 Å². The first-order valence-corrected chi connectivity index (χ1v) is 20.1. The van der Waals surface area contributed by atoms with Gasteiger partial charge in [0.05, 0.1) is 22.5 Å². The summed E-state index contributed by atoms with van der Waals surface area (Å²) in [6.07, 6.45) is 1.78. The molecule has 4 nitrogen and oxygen atoms in total. The molecular weight excluding hydrogens is 921 g/mol. The second-order valence-electron chi connectivity index (χ2n) is 17.4. The summed E-state index contributed by atoms with van der Waals surface area (Å²) in [5.41, 5.74) is 12.7. The molecule has 0 aliphatic heterocycles. The zero-order valence-electron chi connectivity index (χ0n) is 34.5. The summed E-state index contributed by atoms with van der Waals surface area (Å²) in [7, 11) is 0. The van der Waals surface area contributed by atoms with Gasteiger partial charge >= 0.3 is 0 Å². The van der Waals surface area contributed by atoms with E-state index >= 15 is 4.39 Å². The van der Waals surface area contributed by atoms with Crippen LogP contribution in [0.15, 0.2) is 158 Å². The van der Waals surface area contributed by atoms with Crippen LogP contribution >= 0.6 is 0 Å². The third-order valence-corrected chi connectivity index (χ3v) is 11.2. The first-order valence-electron chi connectivity index (χ1n) is 20.1. The molecule has 0 saturated carbocycles. The van der Waals surface area contributed by atoms with Crippen LogP contribution in [0.5, 0.6) is 5.75 Å². The number of hydrogen-bond acceptors (Lipinski definition) is 3. The molecule has 6 heteroatoms. The normalized spacial score (nSPS) is 11.8. The van der Waals surface area contributed by atoms with E-state index in [9.17, 15) is 5.11 Å². The topological polar surface area (TPSA) is 50.9 Å². The van der Waals surface area contributed by atoms with Gasteiger partial charge in [0.1, 0.15) is 5.75 Å². The molecule has 0 radical (unpaired) electrons. The Morgan fingerprint density at radius 2 is 1.13 bits per heavy atom. The van der Waals surface area contributed by atoms with E-state index in [1.165, 1.54) is 28.6 Å². The van der Waals surface area contributed by atoms with E-state index in [2.05, 4.69) is 137 Å². The number of nitrogens with zero attached hydrogens (tertiary/aromatic N) is 3. The molecule has 9 aromatic rings. The molecular formula is C54H45FN3OPt-. The van der Waals surface area contributed by atoms with Crippen molar-refractivity contribution in [1.82, 2.24) is 14.5 Å². The van der Waals surface area contributed by atoms with Crippen molar-refractivity contribution in [3.05, 3.63) is 181 Å². The number of rotatable bonds is 6. The van der Waals surface area contributed by atoms with Gasteiger partial charge < -0.3 is 9.67 Å². The van der Waals surface area contributed by atoms with Gasteiger partial charge in [-0.2, -0.15) is 0 Å². The number of para-hydroxylation sites is 4. The third kappa shape index (κ3) is 7.71. The van der Waals surface area contributed by atoms with Crippen molar-refractivity contribution in [2.45, 2.75) is 52.4 Å². The van der Waals surface area contributed by atoms with Crippen molar-refractivity contribution in [2.75, 3.05) is 0 Å². The number of pyridine rings is 2. The first-order chi connectivity index (χ1) is 28.3. The summed E-state index contributed by atoms with van der Waals surface area (Å²) >= 11 is 0. The van der Waals surface area contributed by atoms with Crippen LogP contribution in [0.25, 0.3) is 83.5 Å². The minimum Gasteiger partial charge on any atom is -0.507 e. The van der Waals surface area contributed by atoms with E-state index in [0.29, 0.717) is 33.8 Å². The van der Waals surface area contributed by atoms with Crippen LogP contribution in [0.2, 0.25) is 0 Å². The Morgan fingerprint density at radius 1 is 0.550 bits per heavy atom. The second kappa shape index (κ2) is 15.8. The molecule has 9 rings (SSSR count). The van der Waals surface area contributed by atoms with Crippen LogP contribution in [0.4, 0.5) is 4.39 Å². The van der Waals surface area contributed by atoms with Crippen LogP contribution < -0.4 is 0 Å². The molecule has 0 amide bonds. The summed E-state index contributed by atoms with van der Waals surface area (Å²) < 4.78 is 18.3. The van der Waals surface area contributed by atoms with Gasteiger partial charge in [0.15, 0.2) is 0 Å². The Morgan fingerprint density at radius 3 is 1.85 bits per heavy atom. The Balaban J connectivity index is 0.00000499. The maximum absolute atomic E-state index is 16.0. The predicted octanol–water partition coefficient (Wildman–Crippen LogP) is 14.1. The van der Waals surface area contributed by atoms with E-state index in [-0.39, 0.29) is 37.6 Å². The standard InChI is InChI=1S/C54H45FN3O.Pt/c1-53(2,3)39-26-35(27-40(33-39)54(4,5)6)36-31-48(57-49(32-36)46-18-11-13-22-51(46)59)38-25-37(28-41(55)29-38)47-30-34(23-24-56-47)43-19-14-20-45-44-17-10-12-21-50(44)58(52(43)45)42-15-8-7-9-16-42;/h7-24,26-33,59H,1-6H3;/q-1;. The first kappa shape index (κ1) is 40.6. The van der Waals surface area contributed by atoms with E-state index in [1.54, 1.807) is 18.3 Å². The Bertz CT molecular complexity index is 3010. The molecule has 0 fully saturated rings. The van der Waals surface area contributed by atoms with E-state index in [1.807, 2.05) is 42.5 Å². The smallest absolute Gasteiger partial charge is 0.124 e. The number of fused-ring (bicyclic) bond motifs is 3. The molecule has 0 spiro atoms. The molecule has 0 aliphatic carbocycles. The average molecular weight is 966 g/mol. The molecule has 1 N–H and O–H groups in total. The molecule has 3 aromatic heterocycles. The SMILES string of the molecule is CC(C)(C)c1cc(-c2cc(-c3[c-]c(-c4cc(-c5cccc6c7ccccc7n(-c7ccccc7)c56)ccn4)cc(F)c3)nc(-c3ccccc3O)c2)cc(C(C)(C)C)c1.[Pt]. The Kier molecular flexibility index (Phi) is 10.7. The molecule has 6 aromatic carbocycles. The maximum atomic E-state index is 16.0. The minimum absolute atomic E-state index is 0. The zero-order valence-corrected chi connectivity index (χ0v) is 36.8. The fourth-order valence-electron chi connectivity index (χ4n) is 7.98. The minimum atomic E-state index is -0.423. The summed E-state index contributed by atoms with van der Waals surface area (Å²) in [5.74, 6) is -0.304. The fourth-order valence-corrected chi connectivity index (χ4v) is 7.98. The molecule has 60 heavy (non-hydrogen) atoms. The van der Waals surface area contributed by atoms with Gasteiger partial charge in [-0.1, -0.05) is 162 Å². The number of phenols is 1. The summed E-state index contributed by atoms with van der Waals surface area (Å²) in [6, 6.07) is 53.7. The Hall–Kier alpha value is -6.16. The van der Waals surface area contributed by atoms with Crippen LogP contribution in [0.3, 0.4) is 0 Å². The molecule has 3 heterocycles. The molecule has 300 valence electrons. The van der Waals surface area contributed by atoms with E-state index < -0.39 is 5.82 Å². The molecule has 0 atom stereocenters. The van der Waals surface area contributed by atoms with Gasteiger partial charge in [-0.25, -0.2) is 4.39 Å². The van der Waals surface area contributed by atoms with E-state index in [0.717, 1.165) is 44.4 Å². The number of aromatic nitrogens is 3. The zero-order chi connectivity index (χ0) is 41.1. The molecule has 0 aliphatic rings. The van der Waals surface area contributed by atoms with Crippen molar-refractivity contribution >= 4 is 21.8 Å². The number of hydrogen-bond donors (Lipinski definition) is 1. The van der Waals surface area contributed by atoms with Crippen molar-refractivity contribution < 1.29 is 30.6 Å². The van der Waals surface area contributed by atoms with Gasteiger partial charge in [0.2, 0.25) is 0 Å². The summed E-state index contributed by atoms with van der Waals surface area (Å²) in [6.45, 7) is 13.3. The van der Waals surface area contributed by atoms with Crippen LogP contribution in [0.1, 0.15) is 52.7 Å².